The fourth-order valence-electron chi connectivity index (χ4n) is 3.57. The number of carbonyl (C=O) groups is 1. The van der Waals surface area contributed by atoms with E-state index in [1.54, 1.807) is 12.1 Å². The maximum Gasteiger partial charge on any atom is 0.407 e. The summed E-state index contributed by atoms with van der Waals surface area (Å²) in [6.45, 7) is 3.39. The predicted octanol–water partition coefficient (Wildman–Crippen LogP) is 3.62. The monoisotopic (exact) mass is 366 g/mol. The fourth-order valence-corrected chi connectivity index (χ4v) is 3.57. The van der Waals surface area contributed by atoms with Crippen molar-refractivity contribution in [2.45, 2.75) is 13.0 Å². The number of halogens is 1. The average Bonchev–Trinajstić information content (AvgIpc) is 2.68. The molecule has 0 aliphatic carbocycles. The van der Waals surface area contributed by atoms with Gasteiger partial charge in [0.05, 0.1) is 0 Å². The largest absolute Gasteiger partial charge is 0.465 e. The number of hydrogen-bond acceptors (Lipinski definition) is 4. The zero-order valence-electron chi connectivity index (χ0n) is 14.8. The molecule has 7 heteroatoms. The SMILES string of the molecule is CC1CN(C(=O)O)CCN1c1nnc(-c2ccc(F)cc2)c2ccccc12. The fraction of sp³-hybridized carbons (Fsp3) is 0.250. The number of benzene rings is 2. The Bertz CT molecular complexity index is 993. The molecule has 1 N–H and O–H groups in total. The number of fused-ring (bicyclic) bond motifs is 1. The molecule has 2 aromatic carbocycles. The summed E-state index contributed by atoms with van der Waals surface area (Å²) in [4.78, 5) is 14.8. The van der Waals surface area contributed by atoms with Crippen molar-refractivity contribution in [3.63, 3.8) is 0 Å². The zero-order chi connectivity index (χ0) is 19.0. The van der Waals surface area contributed by atoms with Crippen LogP contribution in [0.5, 0.6) is 0 Å². The van der Waals surface area contributed by atoms with Crippen LogP contribution >= 0.6 is 0 Å². The van der Waals surface area contributed by atoms with E-state index in [1.807, 2.05) is 31.2 Å². The predicted molar refractivity (Wildman–Crippen MR) is 101 cm³/mol. The summed E-state index contributed by atoms with van der Waals surface area (Å²) in [5, 5.41) is 20.0. The van der Waals surface area contributed by atoms with Crippen LogP contribution in [0.4, 0.5) is 15.0 Å². The van der Waals surface area contributed by atoms with Crippen LogP contribution in [-0.4, -0.2) is 52.0 Å². The molecule has 4 rings (SSSR count). The van der Waals surface area contributed by atoms with Crippen LogP contribution in [0.15, 0.2) is 48.5 Å². The third kappa shape index (κ3) is 3.16. The second-order valence-corrected chi connectivity index (χ2v) is 6.70. The lowest BCUT2D eigenvalue weighted by atomic mass is 10.0. The molecule has 0 bridgehead atoms. The van der Waals surface area contributed by atoms with Gasteiger partial charge in [0.1, 0.15) is 11.5 Å². The molecule has 138 valence electrons. The number of rotatable bonds is 2. The first-order valence-electron chi connectivity index (χ1n) is 8.80. The van der Waals surface area contributed by atoms with E-state index < -0.39 is 6.09 Å². The normalized spacial score (nSPS) is 17.3. The maximum atomic E-state index is 13.3. The van der Waals surface area contributed by atoms with E-state index in [0.717, 1.165) is 22.2 Å². The van der Waals surface area contributed by atoms with Crippen LogP contribution in [0.25, 0.3) is 22.0 Å². The van der Waals surface area contributed by atoms with E-state index in [0.29, 0.717) is 25.3 Å². The molecule has 1 amide bonds. The molecule has 27 heavy (non-hydrogen) atoms. The number of nitrogens with zero attached hydrogens (tertiary/aromatic N) is 4. The van der Waals surface area contributed by atoms with Gasteiger partial charge >= 0.3 is 6.09 Å². The van der Waals surface area contributed by atoms with Gasteiger partial charge in [0.15, 0.2) is 5.82 Å². The lowest BCUT2D eigenvalue weighted by Gasteiger charge is -2.39. The van der Waals surface area contributed by atoms with Crippen LogP contribution in [0.1, 0.15) is 6.92 Å². The van der Waals surface area contributed by atoms with Crippen molar-refractivity contribution >= 4 is 22.7 Å². The highest BCUT2D eigenvalue weighted by Gasteiger charge is 2.29. The van der Waals surface area contributed by atoms with Gasteiger partial charge in [-0.25, -0.2) is 9.18 Å². The van der Waals surface area contributed by atoms with Gasteiger partial charge in [-0.2, -0.15) is 0 Å². The summed E-state index contributed by atoms with van der Waals surface area (Å²) in [6, 6.07) is 14.0. The van der Waals surface area contributed by atoms with Crippen molar-refractivity contribution in [2.75, 3.05) is 24.5 Å². The summed E-state index contributed by atoms with van der Waals surface area (Å²) in [7, 11) is 0. The molecule has 1 atom stereocenters. The lowest BCUT2D eigenvalue weighted by molar-refractivity contribution is 0.136. The molecule has 0 saturated carbocycles. The van der Waals surface area contributed by atoms with Crippen LogP contribution in [0.2, 0.25) is 0 Å². The zero-order valence-corrected chi connectivity index (χ0v) is 14.8. The molecular weight excluding hydrogens is 347 g/mol. The average molecular weight is 366 g/mol. The Kier molecular flexibility index (Phi) is 4.35. The summed E-state index contributed by atoms with van der Waals surface area (Å²) >= 11 is 0. The van der Waals surface area contributed by atoms with E-state index >= 15 is 0 Å². The molecular formula is C20H19FN4O2. The van der Waals surface area contributed by atoms with Gasteiger partial charge in [0.25, 0.3) is 0 Å². The first-order chi connectivity index (χ1) is 13.0. The topological polar surface area (TPSA) is 69.6 Å². The minimum absolute atomic E-state index is 0.00997. The van der Waals surface area contributed by atoms with E-state index in [4.69, 9.17) is 0 Å². The van der Waals surface area contributed by atoms with Crippen molar-refractivity contribution in [3.8, 4) is 11.3 Å². The quantitative estimate of drug-likeness (QED) is 0.750. The highest BCUT2D eigenvalue weighted by Crippen LogP contribution is 2.32. The first-order valence-corrected chi connectivity index (χ1v) is 8.80. The van der Waals surface area contributed by atoms with Crippen molar-refractivity contribution in [2.24, 2.45) is 0 Å². The van der Waals surface area contributed by atoms with Gasteiger partial charge in [0, 0.05) is 42.0 Å². The Balaban J connectivity index is 1.77. The van der Waals surface area contributed by atoms with E-state index in [2.05, 4.69) is 15.1 Å². The molecule has 3 aromatic rings. The van der Waals surface area contributed by atoms with E-state index in [-0.39, 0.29) is 11.9 Å². The van der Waals surface area contributed by atoms with Crippen LogP contribution < -0.4 is 4.90 Å². The standard InChI is InChI=1S/C20H19FN4O2/c1-13-12-24(20(26)27)10-11-25(13)19-17-5-3-2-4-16(17)18(22-23-19)14-6-8-15(21)9-7-14/h2-9,13H,10-12H2,1H3,(H,26,27). The minimum atomic E-state index is -0.899. The second-order valence-electron chi connectivity index (χ2n) is 6.70. The second kappa shape index (κ2) is 6.83. The molecule has 1 aliphatic rings. The molecule has 1 aliphatic heterocycles. The van der Waals surface area contributed by atoms with E-state index in [9.17, 15) is 14.3 Å². The smallest absolute Gasteiger partial charge is 0.407 e. The van der Waals surface area contributed by atoms with Crippen molar-refractivity contribution in [3.05, 3.63) is 54.3 Å². The Morgan fingerprint density at radius 2 is 1.78 bits per heavy atom. The number of aromatic nitrogens is 2. The van der Waals surface area contributed by atoms with Crippen LogP contribution in [0, 0.1) is 5.82 Å². The van der Waals surface area contributed by atoms with Crippen molar-refractivity contribution in [1.82, 2.24) is 15.1 Å². The van der Waals surface area contributed by atoms with Gasteiger partial charge in [-0.1, -0.05) is 24.3 Å². The Labute approximate surface area is 155 Å². The molecule has 6 nitrogen and oxygen atoms in total. The molecule has 0 spiro atoms. The molecule has 1 fully saturated rings. The number of amides is 1. The van der Waals surface area contributed by atoms with Gasteiger partial charge in [-0.15, -0.1) is 10.2 Å². The van der Waals surface area contributed by atoms with Gasteiger partial charge < -0.3 is 14.9 Å². The molecule has 2 heterocycles. The number of anilines is 1. The van der Waals surface area contributed by atoms with Crippen LogP contribution in [-0.2, 0) is 0 Å². The molecule has 1 unspecified atom stereocenters. The highest BCUT2D eigenvalue weighted by molar-refractivity contribution is 6.00. The molecule has 1 saturated heterocycles. The van der Waals surface area contributed by atoms with Gasteiger partial charge in [0.2, 0.25) is 0 Å². The number of carboxylic acid groups (broad SMARTS) is 1. The minimum Gasteiger partial charge on any atom is -0.465 e. The third-order valence-corrected chi connectivity index (χ3v) is 4.96. The highest BCUT2D eigenvalue weighted by atomic mass is 19.1. The third-order valence-electron chi connectivity index (χ3n) is 4.96. The maximum absolute atomic E-state index is 13.3. The Morgan fingerprint density at radius 3 is 2.44 bits per heavy atom. The number of hydrogen-bond donors (Lipinski definition) is 1. The van der Waals surface area contributed by atoms with E-state index in [1.165, 1.54) is 17.0 Å². The van der Waals surface area contributed by atoms with Crippen molar-refractivity contribution in [1.29, 1.82) is 0 Å². The van der Waals surface area contributed by atoms with Crippen LogP contribution in [0.3, 0.4) is 0 Å². The Hall–Kier alpha value is -3.22. The Morgan fingerprint density at radius 1 is 1.07 bits per heavy atom. The van der Waals surface area contributed by atoms with Crippen molar-refractivity contribution < 1.29 is 14.3 Å². The summed E-state index contributed by atoms with van der Waals surface area (Å²) in [6.07, 6.45) is -0.899. The first kappa shape index (κ1) is 17.2. The molecule has 0 radical (unpaired) electrons. The summed E-state index contributed by atoms with van der Waals surface area (Å²) < 4.78 is 13.3. The molecule has 1 aromatic heterocycles. The van der Waals surface area contributed by atoms with Gasteiger partial charge in [-0.05, 0) is 31.2 Å². The number of piperazine rings is 1. The lowest BCUT2D eigenvalue weighted by Crippen LogP contribution is -2.53. The van der Waals surface area contributed by atoms with Gasteiger partial charge in [-0.3, -0.25) is 0 Å². The summed E-state index contributed by atoms with van der Waals surface area (Å²) in [5.41, 5.74) is 1.50. The summed E-state index contributed by atoms with van der Waals surface area (Å²) in [5.74, 6) is 0.451.